The van der Waals surface area contributed by atoms with Gasteiger partial charge >= 0.3 is 5.91 Å². The van der Waals surface area contributed by atoms with E-state index >= 15 is 0 Å². The highest BCUT2D eigenvalue weighted by Gasteiger charge is 2.48. The lowest BCUT2D eigenvalue weighted by Crippen LogP contribution is -2.29. The van der Waals surface area contributed by atoms with Crippen LogP contribution in [0.15, 0.2) is 99.3 Å². The Morgan fingerprint density at radius 3 is 2.51 bits per heavy atom. The number of fused-ring (bicyclic) bond motifs is 1. The number of carbonyl (C=O) groups is 2. The molecule has 1 amide bonds. The van der Waals surface area contributed by atoms with Gasteiger partial charge in [-0.05, 0) is 52.2 Å². The summed E-state index contributed by atoms with van der Waals surface area (Å²) >= 11 is 6.22. The van der Waals surface area contributed by atoms with E-state index in [2.05, 4.69) is 50.4 Å². The zero-order valence-electron chi connectivity index (χ0n) is 23.0. The van der Waals surface area contributed by atoms with Gasteiger partial charge in [0.2, 0.25) is 5.13 Å². The quantitative estimate of drug-likeness (QED) is 0.0598. The van der Waals surface area contributed by atoms with E-state index in [1.807, 2.05) is 36.4 Å². The van der Waals surface area contributed by atoms with Crippen LogP contribution in [-0.4, -0.2) is 41.2 Å². The Bertz CT molecular complexity index is 1900. The molecule has 11 heteroatoms. The van der Waals surface area contributed by atoms with Gasteiger partial charge in [-0.2, -0.15) is 0 Å². The number of aliphatic hydroxyl groups excluding tert-OH is 1. The number of thioether (sulfide) groups is 1. The number of rotatable bonds is 8. The Balaban J connectivity index is 1.38. The fraction of sp³-hybridized carbons (Fsp3) is 0.125. The van der Waals surface area contributed by atoms with Crippen molar-refractivity contribution in [2.45, 2.75) is 16.1 Å². The number of methoxy groups -OCH3 is 2. The maximum absolute atomic E-state index is 13.6. The van der Waals surface area contributed by atoms with E-state index in [1.54, 1.807) is 24.3 Å². The smallest absolute Gasteiger partial charge is 0.301 e. The third kappa shape index (κ3) is 5.51. The van der Waals surface area contributed by atoms with Crippen molar-refractivity contribution in [1.29, 1.82) is 0 Å². The second-order valence-electron chi connectivity index (χ2n) is 9.57. The monoisotopic (exact) mass is 673 g/mol. The van der Waals surface area contributed by atoms with E-state index in [1.165, 1.54) is 42.2 Å². The molecule has 0 aliphatic carbocycles. The molecule has 2 heterocycles. The van der Waals surface area contributed by atoms with Crippen LogP contribution < -0.4 is 14.4 Å². The predicted molar refractivity (Wildman–Crippen MR) is 172 cm³/mol. The molecular formula is C32H24BrN3O5S2. The summed E-state index contributed by atoms with van der Waals surface area (Å²) in [6.07, 6.45) is 0. The van der Waals surface area contributed by atoms with Gasteiger partial charge in [-0.25, -0.2) is 0 Å². The van der Waals surface area contributed by atoms with Gasteiger partial charge in [0, 0.05) is 15.8 Å². The van der Waals surface area contributed by atoms with Crippen molar-refractivity contribution in [1.82, 2.24) is 10.2 Å². The molecule has 5 aromatic rings. The molecule has 0 spiro atoms. The Hall–Kier alpha value is -4.19. The Morgan fingerprint density at radius 1 is 0.953 bits per heavy atom. The number of amides is 1. The van der Waals surface area contributed by atoms with Crippen LogP contribution in [-0.2, 0) is 15.3 Å². The van der Waals surface area contributed by atoms with Crippen LogP contribution in [0.5, 0.6) is 11.5 Å². The van der Waals surface area contributed by atoms with E-state index in [9.17, 15) is 14.7 Å². The third-order valence-electron chi connectivity index (χ3n) is 7.10. The van der Waals surface area contributed by atoms with Crippen LogP contribution in [0, 0.1) is 0 Å². The molecule has 1 fully saturated rings. The first kappa shape index (κ1) is 28.9. The number of benzene rings is 4. The van der Waals surface area contributed by atoms with Gasteiger partial charge in [-0.1, -0.05) is 93.6 Å². The number of ether oxygens (including phenoxy) is 2. The molecule has 43 heavy (non-hydrogen) atoms. The number of nitrogens with zero attached hydrogens (tertiary/aromatic N) is 3. The minimum Gasteiger partial charge on any atom is -0.507 e. The molecule has 0 saturated carbocycles. The van der Waals surface area contributed by atoms with Crippen molar-refractivity contribution in [2.75, 3.05) is 19.1 Å². The summed E-state index contributed by atoms with van der Waals surface area (Å²) in [7, 11) is 2.99. The molecule has 1 unspecified atom stereocenters. The number of Topliss-reactive ketones (excluding diaryl/α,β-unsaturated/α-hetero) is 1. The van der Waals surface area contributed by atoms with E-state index in [-0.39, 0.29) is 16.5 Å². The summed E-state index contributed by atoms with van der Waals surface area (Å²) in [4.78, 5) is 28.5. The van der Waals surface area contributed by atoms with Crippen molar-refractivity contribution >= 4 is 72.4 Å². The number of carbonyl (C=O) groups excluding carboxylic acids is 2. The lowest BCUT2D eigenvalue weighted by Gasteiger charge is -2.22. The second kappa shape index (κ2) is 12.2. The maximum atomic E-state index is 13.6. The first-order valence-corrected chi connectivity index (χ1v) is 15.7. The maximum Gasteiger partial charge on any atom is 0.301 e. The number of aliphatic hydroxyl groups is 1. The molecule has 1 aliphatic rings. The summed E-state index contributed by atoms with van der Waals surface area (Å²) in [6, 6.07) is 25.5. The van der Waals surface area contributed by atoms with Crippen molar-refractivity contribution in [3.63, 3.8) is 0 Å². The summed E-state index contributed by atoms with van der Waals surface area (Å²) in [5, 5.41) is 22.7. The Labute approximate surface area is 264 Å². The van der Waals surface area contributed by atoms with Crippen molar-refractivity contribution < 1.29 is 24.2 Å². The normalized spacial score (nSPS) is 16.2. The average Bonchev–Trinajstić information content (AvgIpc) is 3.60. The number of anilines is 1. The highest BCUT2D eigenvalue weighted by Crippen LogP contribution is 2.45. The molecule has 1 N–H and O–H groups in total. The van der Waals surface area contributed by atoms with Crippen LogP contribution in [0.2, 0.25) is 0 Å². The first-order valence-electron chi connectivity index (χ1n) is 13.1. The number of halogens is 1. The fourth-order valence-electron chi connectivity index (χ4n) is 5.08. The highest BCUT2D eigenvalue weighted by molar-refractivity contribution is 9.10. The second-order valence-corrected chi connectivity index (χ2v) is 12.7. The van der Waals surface area contributed by atoms with Gasteiger partial charge in [0.1, 0.15) is 5.76 Å². The van der Waals surface area contributed by atoms with E-state index in [4.69, 9.17) is 9.47 Å². The zero-order chi connectivity index (χ0) is 30.1. The Kier molecular flexibility index (Phi) is 8.20. The van der Waals surface area contributed by atoms with Gasteiger partial charge < -0.3 is 14.6 Å². The third-order valence-corrected chi connectivity index (χ3v) is 9.70. The van der Waals surface area contributed by atoms with Crippen molar-refractivity contribution in [3.8, 4) is 11.5 Å². The molecule has 1 aliphatic heterocycles. The molecule has 6 rings (SSSR count). The van der Waals surface area contributed by atoms with E-state index in [0.29, 0.717) is 32.7 Å². The number of hydrogen-bond acceptors (Lipinski definition) is 9. The molecule has 0 bridgehead atoms. The molecule has 1 atom stereocenters. The molecule has 8 nitrogen and oxygen atoms in total. The molecule has 1 saturated heterocycles. The number of aromatic nitrogens is 2. The van der Waals surface area contributed by atoms with Gasteiger partial charge in [0.15, 0.2) is 15.8 Å². The SMILES string of the molecule is COc1ccc(/C(O)=C2/C(=O)C(=O)N(c3nnc(SCc4cccc5ccccc45)s3)C2c2cccc(Br)c2)cc1OC. The largest absolute Gasteiger partial charge is 0.507 e. The van der Waals surface area contributed by atoms with Crippen LogP contribution in [0.1, 0.15) is 22.7 Å². The van der Waals surface area contributed by atoms with Gasteiger partial charge in [-0.3, -0.25) is 14.5 Å². The summed E-state index contributed by atoms with van der Waals surface area (Å²) in [6.45, 7) is 0. The van der Waals surface area contributed by atoms with Crippen molar-refractivity contribution in [3.05, 3.63) is 112 Å². The predicted octanol–water partition coefficient (Wildman–Crippen LogP) is 7.39. The van der Waals surface area contributed by atoms with Crippen LogP contribution in [0.25, 0.3) is 16.5 Å². The zero-order valence-corrected chi connectivity index (χ0v) is 26.2. The molecule has 4 aromatic carbocycles. The van der Waals surface area contributed by atoms with E-state index in [0.717, 1.165) is 20.8 Å². The molecule has 0 radical (unpaired) electrons. The molecular weight excluding hydrogens is 650 g/mol. The van der Waals surface area contributed by atoms with Gasteiger partial charge in [-0.15, -0.1) is 10.2 Å². The Morgan fingerprint density at radius 2 is 1.72 bits per heavy atom. The summed E-state index contributed by atoms with van der Waals surface area (Å²) < 4.78 is 12.1. The van der Waals surface area contributed by atoms with Gasteiger partial charge in [0.05, 0.1) is 25.8 Å². The van der Waals surface area contributed by atoms with Crippen molar-refractivity contribution in [2.24, 2.45) is 0 Å². The van der Waals surface area contributed by atoms with Crippen LogP contribution >= 0.6 is 39.0 Å². The lowest BCUT2D eigenvalue weighted by molar-refractivity contribution is -0.132. The fourth-order valence-corrected chi connectivity index (χ4v) is 7.37. The van der Waals surface area contributed by atoms with E-state index < -0.39 is 17.7 Å². The standard InChI is InChI=1S/C32H24BrN3O5S2/c1-40-24-14-13-20(16-25(24)41-2)28(37)26-27(19-9-6-11-22(33)15-19)36(30(39)29(26)38)31-34-35-32(43-31)42-17-21-10-5-8-18-7-3-4-12-23(18)21/h3-16,27,37H,17H2,1-2H3/b28-26-. The van der Waals surface area contributed by atoms with Crippen LogP contribution in [0.4, 0.5) is 5.13 Å². The summed E-state index contributed by atoms with van der Waals surface area (Å²) in [5.74, 6) is -0.460. The number of ketones is 1. The van der Waals surface area contributed by atoms with Gasteiger partial charge in [0.25, 0.3) is 5.78 Å². The molecule has 216 valence electrons. The van der Waals surface area contributed by atoms with Crippen LogP contribution in [0.3, 0.4) is 0 Å². The highest BCUT2D eigenvalue weighted by atomic mass is 79.9. The average molecular weight is 675 g/mol. The lowest BCUT2D eigenvalue weighted by atomic mass is 9.95. The minimum atomic E-state index is -0.936. The summed E-state index contributed by atoms with van der Waals surface area (Å²) in [5.41, 5.74) is 2.02. The topological polar surface area (TPSA) is 102 Å². The molecule has 1 aromatic heterocycles. The minimum absolute atomic E-state index is 0.0597. The number of hydrogen-bond donors (Lipinski definition) is 1. The first-order chi connectivity index (χ1) is 20.9.